The van der Waals surface area contributed by atoms with E-state index >= 15 is 0 Å². The molecule has 1 aliphatic rings. The maximum absolute atomic E-state index is 10.2. The topological polar surface area (TPSA) is 61.3 Å². The van der Waals surface area contributed by atoms with Crippen LogP contribution in [0.1, 0.15) is 24.0 Å². The number of phenols is 1. The van der Waals surface area contributed by atoms with Gasteiger partial charge in [0.2, 0.25) is 0 Å². The molecule has 2 N–H and O–H groups in total. The molecule has 0 aliphatic carbocycles. The van der Waals surface area contributed by atoms with E-state index in [-0.39, 0.29) is 0 Å². The molecule has 144 valence electrons. The quantitative estimate of drug-likeness (QED) is 0.690. The molecule has 0 spiro atoms. The van der Waals surface area contributed by atoms with Gasteiger partial charge in [-0.3, -0.25) is 4.90 Å². The van der Waals surface area contributed by atoms with E-state index in [0.29, 0.717) is 24.2 Å². The molecule has 2 heterocycles. The van der Waals surface area contributed by atoms with Crippen molar-refractivity contribution in [3.05, 3.63) is 78.1 Å². The smallest absolute Gasteiger partial charge is 0.159 e. The molecule has 5 heteroatoms. The van der Waals surface area contributed by atoms with Crippen LogP contribution in [-0.4, -0.2) is 39.1 Å². The number of piperidine rings is 1. The maximum Gasteiger partial charge on any atom is 0.159 e. The molecule has 3 aromatic rings. The van der Waals surface area contributed by atoms with Gasteiger partial charge in [-0.05, 0) is 55.8 Å². The Kier molecular flexibility index (Phi) is 5.95. The van der Waals surface area contributed by atoms with Crippen molar-refractivity contribution in [3.8, 4) is 17.1 Å². The average molecular weight is 374 g/mol. The van der Waals surface area contributed by atoms with Gasteiger partial charge in [0.25, 0.3) is 0 Å². The van der Waals surface area contributed by atoms with Crippen LogP contribution in [0.5, 0.6) is 5.75 Å². The van der Waals surface area contributed by atoms with Crippen LogP contribution >= 0.6 is 0 Å². The van der Waals surface area contributed by atoms with Crippen molar-refractivity contribution in [2.45, 2.75) is 32.0 Å². The van der Waals surface area contributed by atoms with Crippen LogP contribution in [0.2, 0.25) is 0 Å². The standard InChI is InChI=1S/C23H26N4O/c28-22-8-7-19(23-24-11-4-12-25-23)15-20(22)16-26-21-9-13-27(14-10-21)17-18-5-2-1-3-6-18/h1-8,11-12,15,21,26,28H,9-10,13-14,16-17H2. The van der Waals surface area contributed by atoms with Gasteiger partial charge in [0.1, 0.15) is 5.75 Å². The van der Waals surface area contributed by atoms with Crippen LogP contribution in [0.15, 0.2) is 67.0 Å². The Morgan fingerprint density at radius 1 is 0.964 bits per heavy atom. The second-order valence-electron chi connectivity index (χ2n) is 7.33. The van der Waals surface area contributed by atoms with E-state index in [1.165, 1.54) is 5.56 Å². The lowest BCUT2D eigenvalue weighted by atomic mass is 10.0. The molecule has 4 rings (SSSR count). The van der Waals surface area contributed by atoms with Gasteiger partial charge < -0.3 is 10.4 Å². The van der Waals surface area contributed by atoms with E-state index in [9.17, 15) is 5.11 Å². The molecule has 0 unspecified atom stereocenters. The summed E-state index contributed by atoms with van der Waals surface area (Å²) in [5, 5.41) is 13.8. The highest BCUT2D eigenvalue weighted by Gasteiger charge is 2.19. The first-order valence-electron chi connectivity index (χ1n) is 9.87. The number of benzene rings is 2. The van der Waals surface area contributed by atoms with Gasteiger partial charge in [0.15, 0.2) is 5.82 Å². The monoisotopic (exact) mass is 374 g/mol. The number of hydrogen-bond acceptors (Lipinski definition) is 5. The van der Waals surface area contributed by atoms with E-state index in [4.69, 9.17) is 0 Å². The predicted octanol–water partition coefficient (Wildman–Crippen LogP) is 3.60. The third-order valence-corrected chi connectivity index (χ3v) is 5.32. The third-order valence-electron chi connectivity index (χ3n) is 5.32. The number of nitrogens with zero attached hydrogens (tertiary/aromatic N) is 3. The Hall–Kier alpha value is -2.76. The minimum absolute atomic E-state index is 0.314. The minimum atomic E-state index is 0.314. The molecular weight excluding hydrogens is 348 g/mol. The third kappa shape index (κ3) is 4.74. The normalized spacial score (nSPS) is 15.6. The number of phenolic OH excluding ortho intramolecular Hbond substituents is 1. The molecule has 1 aliphatic heterocycles. The summed E-state index contributed by atoms with van der Waals surface area (Å²) < 4.78 is 0. The highest BCUT2D eigenvalue weighted by atomic mass is 16.3. The number of nitrogens with one attached hydrogen (secondary N) is 1. The lowest BCUT2D eigenvalue weighted by molar-refractivity contribution is 0.190. The van der Waals surface area contributed by atoms with Gasteiger partial charge in [-0.2, -0.15) is 0 Å². The second-order valence-corrected chi connectivity index (χ2v) is 7.33. The summed E-state index contributed by atoms with van der Waals surface area (Å²) >= 11 is 0. The predicted molar refractivity (Wildman–Crippen MR) is 111 cm³/mol. The largest absolute Gasteiger partial charge is 0.508 e. The summed E-state index contributed by atoms with van der Waals surface area (Å²) in [5.74, 6) is 0.992. The van der Waals surface area contributed by atoms with Crippen molar-refractivity contribution in [3.63, 3.8) is 0 Å². The first kappa shape index (κ1) is 18.6. The Labute approximate surface area is 166 Å². The SMILES string of the molecule is Oc1ccc(-c2ncccn2)cc1CNC1CCN(Cc2ccccc2)CC1. The van der Waals surface area contributed by atoms with Gasteiger partial charge in [-0.15, -0.1) is 0 Å². The molecular formula is C23H26N4O. The van der Waals surface area contributed by atoms with Crippen LogP contribution in [0.3, 0.4) is 0 Å². The number of rotatable bonds is 6. The molecule has 0 radical (unpaired) electrons. The molecule has 2 aromatic carbocycles. The lowest BCUT2D eigenvalue weighted by Gasteiger charge is -2.32. The van der Waals surface area contributed by atoms with Gasteiger partial charge in [-0.1, -0.05) is 30.3 Å². The highest BCUT2D eigenvalue weighted by molar-refractivity contribution is 5.58. The minimum Gasteiger partial charge on any atom is -0.508 e. The number of aromatic nitrogens is 2. The summed E-state index contributed by atoms with van der Waals surface area (Å²) in [4.78, 5) is 11.1. The zero-order valence-corrected chi connectivity index (χ0v) is 16.0. The molecule has 1 fully saturated rings. The highest BCUT2D eigenvalue weighted by Crippen LogP contribution is 2.24. The van der Waals surface area contributed by atoms with Crippen molar-refractivity contribution in [1.29, 1.82) is 0 Å². The van der Waals surface area contributed by atoms with E-state index in [0.717, 1.165) is 43.6 Å². The summed E-state index contributed by atoms with van der Waals surface area (Å²) in [6, 6.07) is 18.5. The van der Waals surface area contributed by atoms with Gasteiger partial charge in [-0.25, -0.2) is 9.97 Å². The van der Waals surface area contributed by atoms with Crippen LogP contribution in [0, 0.1) is 0 Å². The Balaban J connectivity index is 1.31. The van der Waals surface area contributed by atoms with Crippen molar-refractivity contribution in [2.75, 3.05) is 13.1 Å². The lowest BCUT2D eigenvalue weighted by Crippen LogP contribution is -2.41. The molecule has 0 amide bonds. The summed E-state index contributed by atoms with van der Waals surface area (Å²) in [6.07, 6.45) is 5.71. The van der Waals surface area contributed by atoms with Gasteiger partial charge >= 0.3 is 0 Å². The van der Waals surface area contributed by atoms with E-state index in [1.54, 1.807) is 24.5 Å². The molecule has 0 saturated carbocycles. The van der Waals surface area contributed by atoms with Crippen LogP contribution in [-0.2, 0) is 13.1 Å². The first-order valence-corrected chi connectivity index (χ1v) is 9.87. The van der Waals surface area contributed by atoms with Crippen molar-refractivity contribution in [2.24, 2.45) is 0 Å². The van der Waals surface area contributed by atoms with Crippen molar-refractivity contribution in [1.82, 2.24) is 20.2 Å². The van der Waals surface area contributed by atoms with Gasteiger partial charge in [0.05, 0.1) is 0 Å². The molecule has 1 saturated heterocycles. The number of hydrogen-bond donors (Lipinski definition) is 2. The fraction of sp³-hybridized carbons (Fsp3) is 0.304. The zero-order chi connectivity index (χ0) is 19.2. The van der Waals surface area contributed by atoms with Crippen LogP contribution < -0.4 is 5.32 Å². The van der Waals surface area contributed by atoms with Crippen molar-refractivity contribution >= 4 is 0 Å². The van der Waals surface area contributed by atoms with E-state index < -0.39 is 0 Å². The molecule has 5 nitrogen and oxygen atoms in total. The Morgan fingerprint density at radius 3 is 2.46 bits per heavy atom. The molecule has 28 heavy (non-hydrogen) atoms. The molecule has 0 bridgehead atoms. The first-order chi connectivity index (χ1) is 13.8. The second kappa shape index (κ2) is 8.95. The van der Waals surface area contributed by atoms with Crippen LogP contribution in [0.25, 0.3) is 11.4 Å². The average Bonchev–Trinajstić information content (AvgIpc) is 2.75. The Morgan fingerprint density at radius 2 is 1.71 bits per heavy atom. The maximum atomic E-state index is 10.2. The summed E-state index contributed by atoms with van der Waals surface area (Å²) in [7, 11) is 0. The fourth-order valence-corrected chi connectivity index (χ4v) is 3.71. The van der Waals surface area contributed by atoms with E-state index in [1.807, 2.05) is 12.1 Å². The van der Waals surface area contributed by atoms with Crippen LogP contribution in [0.4, 0.5) is 0 Å². The van der Waals surface area contributed by atoms with Crippen molar-refractivity contribution < 1.29 is 5.11 Å². The Bertz CT molecular complexity index is 878. The van der Waals surface area contributed by atoms with Gasteiger partial charge in [0, 0.05) is 42.7 Å². The number of aromatic hydroxyl groups is 1. The number of likely N-dealkylation sites (tertiary alicyclic amines) is 1. The molecule has 0 atom stereocenters. The van der Waals surface area contributed by atoms with E-state index in [2.05, 4.69) is 50.5 Å². The zero-order valence-electron chi connectivity index (χ0n) is 16.0. The summed E-state index contributed by atoms with van der Waals surface area (Å²) in [5.41, 5.74) is 3.18. The molecule has 1 aromatic heterocycles. The fourth-order valence-electron chi connectivity index (χ4n) is 3.71. The summed E-state index contributed by atoms with van der Waals surface area (Å²) in [6.45, 7) is 3.86.